The van der Waals surface area contributed by atoms with Gasteiger partial charge in [-0.1, -0.05) is 20.3 Å². The Balaban J connectivity index is 0.000000289. The van der Waals surface area contributed by atoms with Crippen LogP contribution in [0.3, 0.4) is 0 Å². The molecule has 0 aromatic rings. The molecule has 8 heteroatoms. The van der Waals surface area contributed by atoms with Gasteiger partial charge in [0, 0.05) is 84.6 Å². The first kappa shape index (κ1) is 40.9. The van der Waals surface area contributed by atoms with E-state index < -0.39 is 0 Å². The molecule has 4 heterocycles. The quantitative estimate of drug-likeness (QED) is 0.281. The lowest BCUT2D eigenvalue weighted by molar-refractivity contribution is 0.0406. The molecule has 4 fully saturated rings. The van der Waals surface area contributed by atoms with Crippen LogP contribution in [-0.4, -0.2) is 173 Å². The summed E-state index contributed by atoms with van der Waals surface area (Å²) in [6.07, 6.45) is 7.48. The molecule has 0 aromatic carbocycles. The van der Waals surface area contributed by atoms with Crippen LogP contribution in [0.4, 0.5) is 0 Å². The highest BCUT2D eigenvalue weighted by Crippen LogP contribution is 2.20. The van der Waals surface area contributed by atoms with E-state index in [9.17, 15) is 0 Å². The molecule has 4 saturated heterocycles. The van der Waals surface area contributed by atoms with E-state index in [1.54, 1.807) is 0 Å². The zero-order valence-corrected chi connectivity index (χ0v) is 31.6. The second-order valence-corrected chi connectivity index (χ2v) is 15.2. The molecule has 4 aliphatic rings. The van der Waals surface area contributed by atoms with E-state index in [1.807, 2.05) is 0 Å². The third-order valence-corrected chi connectivity index (χ3v) is 9.90. The summed E-state index contributed by atoms with van der Waals surface area (Å²) < 4.78 is 11.3. The molecule has 0 aliphatic carbocycles. The van der Waals surface area contributed by atoms with Crippen molar-refractivity contribution in [3.8, 4) is 0 Å². The second kappa shape index (κ2) is 23.9. The number of ether oxygens (including phenoxy) is 2. The molecule has 45 heavy (non-hydrogen) atoms. The molecule has 0 bridgehead atoms. The van der Waals surface area contributed by atoms with Crippen LogP contribution in [-0.2, 0) is 9.47 Å². The Morgan fingerprint density at radius 2 is 0.867 bits per heavy atom. The van der Waals surface area contributed by atoms with Gasteiger partial charge < -0.3 is 29.1 Å². The van der Waals surface area contributed by atoms with Crippen LogP contribution in [0.5, 0.6) is 0 Å². The Labute approximate surface area is 281 Å². The molecular weight excluding hydrogens is 560 g/mol. The molecular formula is C37H78N6O2. The van der Waals surface area contributed by atoms with E-state index >= 15 is 0 Å². The van der Waals surface area contributed by atoms with Gasteiger partial charge in [0.2, 0.25) is 0 Å². The van der Waals surface area contributed by atoms with E-state index in [0.717, 1.165) is 38.1 Å². The van der Waals surface area contributed by atoms with Crippen molar-refractivity contribution >= 4 is 0 Å². The van der Waals surface area contributed by atoms with Crippen molar-refractivity contribution in [2.75, 3.05) is 125 Å². The van der Waals surface area contributed by atoms with Crippen LogP contribution in [0.25, 0.3) is 0 Å². The van der Waals surface area contributed by atoms with Crippen LogP contribution >= 0.6 is 0 Å². The zero-order valence-electron chi connectivity index (χ0n) is 31.6. The average Bonchev–Trinajstić information content (AvgIpc) is 3.01. The van der Waals surface area contributed by atoms with Crippen molar-refractivity contribution in [2.24, 2.45) is 11.8 Å². The number of piperazine rings is 2. The van der Waals surface area contributed by atoms with Crippen molar-refractivity contribution in [3.05, 3.63) is 0 Å². The summed E-state index contributed by atoms with van der Waals surface area (Å²) >= 11 is 0. The second-order valence-electron chi connectivity index (χ2n) is 15.2. The summed E-state index contributed by atoms with van der Waals surface area (Å²) in [5, 5.41) is 0. The van der Waals surface area contributed by atoms with Gasteiger partial charge in [0.05, 0.1) is 25.4 Å². The molecule has 0 spiro atoms. The topological polar surface area (TPSA) is 37.9 Å². The molecule has 8 nitrogen and oxygen atoms in total. The van der Waals surface area contributed by atoms with Crippen molar-refractivity contribution in [1.29, 1.82) is 0 Å². The Bertz CT molecular complexity index is 678. The molecule has 0 N–H and O–H groups in total. The van der Waals surface area contributed by atoms with Gasteiger partial charge in [-0.25, -0.2) is 0 Å². The van der Waals surface area contributed by atoms with Crippen LogP contribution < -0.4 is 0 Å². The van der Waals surface area contributed by atoms with E-state index in [1.165, 1.54) is 124 Å². The number of hydrogen-bond donors (Lipinski definition) is 0. The minimum atomic E-state index is 0.362. The smallest absolute Gasteiger partial charge is 0.0596 e. The third kappa shape index (κ3) is 18.7. The van der Waals surface area contributed by atoms with E-state index in [-0.39, 0.29) is 0 Å². The fourth-order valence-corrected chi connectivity index (χ4v) is 6.86. The Morgan fingerprint density at radius 3 is 1.27 bits per heavy atom. The lowest BCUT2D eigenvalue weighted by Crippen LogP contribution is -2.50. The molecule has 268 valence electrons. The summed E-state index contributed by atoms with van der Waals surface area (Å²) in [5.41, 5.74) is 0. The third-order valence-electron chi connectivity index (χ3n) is 9.90. The fraction of sp³-hybridized carbons (Fsp3) is 1.00. The molecule has 0 aromatic heterocycles. The SMILES string of the molecule is CC(C)OCCN1CCC(CN2CCN(C(C)C)CC2)CC1.CC(C)OCCN1CCN(CC2CCN(C)CC2)CC1.CCC. The van der Waals surface area contributed by atoms with Crippen LogP contribution in [0.1, 0.15) is 87.5 Å². The van der Waals surface area contributed by atoms with Crippen molar-refractivity contribution < 1.29 is 9.47 Å². The fourth-order valence-electron chi connectivity index (χ4n) is 6.86. The van der Waals surface area contributed by atoms with Crippen LogP contribution in [0.15, 0.2) is 0 Å². The standard InChI is InChI=1S/C18H37N3O.C16H33N3O.C3H8/c1-16(2)21-11-9-20(10-12-21)15-18-5-7-19(8-6-18)13-14-22-17(3)4;1-15(2)20-13-12-18-8-10-19(11-9-18)14-16-4-6-17(3)7-5-16;1-3-2/h16-18H,5-15H2,1-4H3;15-16H,4-14H2,1-3H3;3H2,1-2H3. The van der Waals surface area contributed by atoms with Gasteiger partial charge in [-0.05, 0) is 112 Å². The minimum absolute atomic E-state index is 0.362. The van der Waals surface area contributed by atoms with Gasteiger partial charge in [0.25, 0.3) is 0 Å². The minimum Gasteiger partial charge on any atom is -0.377 e. The first-order valence-electron chi connectivity index (χ1n) is 19.1. The highest BCUT2D eigenvalue weighted by atomic mass is 16.5. The maximum atomic E-state index is 5.67. The van der Waals surface area contributed by atoms with E-state index in [0.29, 0.717) is 18.2 Å². The lowest BCUT2D eigenvalue weighted by Gasteiger charge is -2.40. The van der Waals surface area contributed by atoms with Gasteiger partial charge in [0.1, 0.15) is 0 Å². The molecule has 0 unspecified atom stereocenters. The average molecular weight is 639 g/mol. The highest BCUT2D eigenvalue weighted by Gasteiger charge is 2.25. The summed E-state index contributed by atoms with van der Waals surface area (Å²) in [6.45, 7) is 39.0. The van der Waals surface area contributed by atoms with Gasteiger partial charge in [-0.2, -0.15) is 0 Å². The van der Waals surface area contributed by atoms with Gasteiger partial charge in [-0.3, -0.25) is 9.80 Å². The summed E-state index contributed by atoms with van der Waals surface area (Å²) in [7, 11) is 2.24. The van der Waals surface area contributed by atoms with Crippen molar-refractivity contribution in [1.82, 2.24) is 29.4 Å². The Kier molecular flexibility index (Phi) is 21.7. The van der Waals surface area contributed by atoms with E-state index in [4.69, 9.17) is 9.47 Å². The van der Waals surface area contributed by atoms with Gasteiger partial charge in [-0.15, -0.1) is 0 Å². The van der Waals surface area contributed by atoms with Crippen LogP contribution in [0.2, 0.25) is 0 Å². The Morgan fingerprint density at radius 1 is 0.511 bits per heavy atom. The molecule has 0 atom stereocenters. The van der Waals surface area contributed by atoms with Crippen molar-refractivity contribution in [3.63, 3.8) is 0 Å². The summed E-state index contributed by atoms with van der Waals surface area (Å²) in [4.78, 5) is 15.6. The first-order chi connectivity index (χ1) is 21.6. The predicted molar refractivity (Wildman–Crippen MR) is 194 cm³/mol. The maximum Gasteiger partial charge on any atom is 0.0596 e. The van der Waals surface area contributed by atoms with E-state index in [2.05, 4.69) is 91.8 Å². The van der Waals surface area contributed by atoms with Crippen LogP contribution in [0, 0.1) is 11.8 Å². The number of hydrogen-bond acceptors (Lipinski definition) is 8. The van der Waals surface area contributed by atoms with Crippen molar-refractivity contribution in [2.45, 2.75) is 106 Å². The molecule has 0 amide bonds. The maximum absolute atomic E-state index is 5.67. The Hall–Kier alpha value is -0.320. The summed E-state index contributed by atoms with van der Waals surface area (Å²) in [5.74, 6) is 1.84. The zero-order chi connectivity index (χ0) is 33.0. The van der Waals surface area contributed by atoms with Gasteiger partial charge >= 0.3 is 0 Å². The molecule has 0 radical (unpaired) electrons. The lowest BCUT2D eigenvalue weighted by atomic mass is 9.96. The predicted octanol–water partition coefficient (Wildman–Crippen LogP) is 4.94. The number of nitrogens with zero attached hydrogens (tertiary/aromatic N) is 6. The molecule has 4 aliphatic heterocycles. The molecule has 0 saturated carbocycles. The monoisotopic (exact) mass is 639 g/mol. The first-order valence-corrected chi connectivity index (χ1v) is 19.1. The largest absolute Gasteiger partial charge is 0.377 e. The normalized spacial score (nSPS) is 22.9. The highest BCUT2D eigenvalue weighted by molar-refractivity contribution is 4.80. The summed E-state index contributed by atoms with van der Waals surface area (Å²) in [6, 6.07) is 0.707. The number of likely N-dealkylation sites (tertiary alicyclic amines) is 2. The van der Waals surface area contributed by atoms with Gasteiger partial charge in [0.15, 0.2) is 0 Å². The number of rotatable bonds is 13. The molecule has 4 rings (SSSR count). The number of piperidine rings is 2.